The molecule has 2 aliphatic rings. The zero-order valence-electron chi connectivity index (χ0n) is 6.17. The predicted molar refractivity (Wildman–Crippen MR) is 37.7 cm³/mol. The Labute approximate surface area is 64.5 Å². The molecule has 0 radical (unpaired) electrons. The molecule has 0 aromatic rings. The summed E-state index contributed by atoms with van der Waals surface area (Å²) in [5.41, 5.74) is 0. The number of carbonyl (C=O) groups is 2. The topological polar surface area (TPSA) is 49.4 Å². The molecule has 2 rings (SSSR count). The molecule has 0 bridgehead atoms. The van der Waals surface area contributed by atoms with Gasteiger partial charge in [0.25, 0.3) is 0 Å². The van der Waals surface area contributed by atoms with Crippen molar-refractivity contribution in [2.45, 2.75) is 18.9 Å². The van der Waals surface area contributed by atoms with E-state index in [1.165, 1.54) is 0 Å². The average Bonchev–Trinajstić information content (AvgIpc) is 2.09. The lowest BCUT2D eigenvalue weighted by Crippen LogP contribution is -2.54. The van der Waals surface area contributed by atoms with Crippen LogP contribution in [0, 0.1) is 0 Å². The molecule has 4 heteroatoms. The van der Waals surface area contributed by atoms with E-state index in [-0.39, 0.29) is 17.9 Å². The van der Waals surface area contributed by atoms with E-state index in [9.17, 15) is 9.59 Å². The van der Waals surface area contributed by atoms with Crippen LogP contribution in [0.15, 0.2) is 0 Å². The molecule has 1 N–H and O–H groups in total. The Morgan fingerprint density at radius 3 is 3.00 bits per heavy atom. The first kappa shape index (κ1) is 6.64. The minimum absolute atomic E-state index is 0.0622. The number of nitrogens with zero attached hydrogens (tertiary/aromatic N) is 1. The largest absolute Gasteiger partial charge is 0.354 e. The van der Waals surface area contributed by atoms with Crippen molar-refractivity contribution in [2.75, 3.05) is 13.1 Å². The van der Waals surface area contributed by atoms with Crippen LogP contribution in [0.5, 0.6) is 0 Å². The van der Waals surface area contributed by atoms with Gasteiger partial charge in [-0.2, -0.15) is 0 Å². The molecule has 11 heavy (non-hydrogen) atoms. The Bertz CT molecular complexity index is 212. The van der Waals surface area contributed by atoms with Crippen LogP contribution < -0.4 is 5.32 Å². The van der Waals surface area contributed by atoms with Crippen LogP contribution in [0.4, 0.5) is 0 Å². The van der Waals surface area contributed by atoms with Crippen LogP contribution in [-0.4, -0.2) is 35.8 Å². The number of amides is 2. The van der Waals surface area contributed by atoms with E-state index in [2.05, 4.69) is 5.32 Å². The standard InChI is InChI=1S/C7H10N2O2/c10-6-1-2-9-5(4-8-6)3-7(9)11/h5H,1-4H2,(H,8,10). The van der Waals surface area contributed by atoms with Crippen molar-refractivity contribution >= 4 is 11.8 Å². The molecule has 0 spiro atoms. The normalized spacial score (nSPS) is 30.2. The fourth-order valence-electron chi connectivity index (χ4n) is 1.55. The molecule has 60 valence electrons. The summed E-state index contributed by atoms with van der Waals surface area (Å²) in [6.07, 6.45) is 1.07. The third kappa shape index (κ3) is 0.982. The zero-order chi connectivity index (χ0) is 7.84. The second-order valence-corrected chi connectivity index (χ2v) is 3.00. The van der Waals surface area contributed by atoms with Crippen molar-refractivity contribution in [3.63, 3.8) is 0 Å². The van der Waals surface area contributed by atoms with Crippen LogP contribution in [-0.2, 0) is 9.59 Å². The van der Waals surface area contributed by atoms with E-state index < -0.39 is 0 Å². The SMILES string of the molecule is O=C1CCN2C(=O)CC2CN1. The molecule has 0 aliphatic carbocycles. The smallest absolute Gasteiger partial charge is 0.225 e. The highest BCUT2D eigenvalue weighted by atomic mass is 16.2. The van der Waals surface area contributed by atoms with Crippen LogP contribution in [0.3, 0.4) is 0 Å². The van der Waals surface area contributed by atoms with E-state index in [0.29, 0.717) is 25.9 Å². The highest BCUT2D eigenvalue weighted by Gasteiger charge is 2.37. The molecule has 0 saturated carbocycles. The van der Waals surface area contributed by atoms with Crippen molar-refractivity contribution < 1.29 is 9.59 Å². The minimum atomic E-state index is 0.0622. The summed E-state index contributed by atoms with van der Waals surface area (Å²) in [4.78, 5) is 23.5. The lowest BCUT2D eigenvalue weighted by molar-refractivity contribution is -0.144. The summed E-state index contributed by atoms with van der Waals surface area (Å²) >= 11 is 0. The van der Waals surface area contributed by atoms with Gasteiger partial charge in [0.05, 0.1) is 6.04 Å². The van der Waals surface area contributed by atoms with Gasteiger partial charge in [0.2, 0.25) is 11.8 Å². The molecule has 0 aromatic carbocycles. The number of β-lactam (4-membered cyclic amide) rings is 1. The first-order chi connectivity index (χ1) is 5.27. The van der Waals surface area contributed by atoms with Gasteiger partial charge in [0.15, 0.2) is 0 Å². The molecule has 2 fully saturated rings. The fraction of sp³-hybridized carbons (Fsp3) is 0.714. The first-order valence-corrected chi connectivity index (χ1v) is 3.83. The third-order valence-corrected chi connectivity index (χ3v) is 2.29. The van der Waals surface area contributed by atoms with Gasteiger partial charge in [-0.15, -0.1) is 0 Å². The van der Waals surface area contributed by atoms with Crippen molar-refractivity contribution in [1.82, 2.24) is 10.2 Å². The van der Waals surface area contributed by atoms with Crippen molar-refractivity contribution in [3.05, 3.63) is 0 Å². The van der Waals surface area contributed by atoms with Crippen LogP contribution >= 0.6 is 0 Å². The molecule has 4 nitrogen and oxygen atoms in total. The molecular weight excluding hydrogens is 144 g/mol. The molecule has 1 atom stereocenters. The van der Waals surface area contributed by atoms with Gasteiger partial charge >= 0.3 is 0 Å². The highest BCUT2D eigenvalue weighted by molar-refractivity contribution is 5.85. The van der Waals surface area contributed by atoms with Gasteiger partial charge < -0.3 is 10.2 Å². The average molecular weight is 154 g/mol. The van der Waals surface area contributed by atoms with Gasteiger partial charge in [-0.1, -0.05) is 0 Å². The monoisotopic (exact) mass is 154 g/mol. The summed E-state index contributed by atoms with van der Waals surface area (Å²) in [5.74, 6) is 0.249. The Kier molecular flexibility index (Phi) is 1.34. The van der Waals surface area contributed by atoms with Crippen molar-refractivity contribution in [3.8, 4) is 0 Å². The number of hydrogen-bond donors (Lipinski definition) is 1. The van der Waals surface area contributed by atoms with Crippen LogP contribution in [0.2, 0.25) is 0 Å². The van der Waals surface area contributed by atoms with Gasteiger partial charge in [0, 0.05) is 25.9 Å². The van der Waals surface area contributed by atoms with Crippen LogP contribution in [0.1, 0.15) is 12.8 Å². The van der Waals surface area contributed by atoms with Gasteiger partial charge in [-0.3, -0.25) is 9.59 Å². The predicted octanol–water partition coefficient (Wildman–Crippen LogP) is -0.893. The van der Waals surface area contributed by atoms with Gasteiger partial charge in [0.1, 0.15) is 0 Å². The molecule has 1 unspecified atom stereocenters. The summed E-state index contributed by atoms with van der Waals surface area (Å²) in [5, 5.41) is 2.76. The van der Waals surface area contributed by atoms with E-state index in [1.54, 1.807) is 4.90 Å². The maximum Gasteiger partial charge on any atom is 0.225 e. The molecule has 2 heterocycles. The number of nitrogens with one attached hydrogen (secondary N) is 1. The zero-order valence-corrected chi connectivity index (χ0v) is 6.17. The number of carbonyl (C=O) groups excluding carboxylic acids is 2. The maximum atomic E-state index is 10.9. The summed E-state index contributed by atoms with van der Waals surface area (Å²) in [6, 6.07) is 0.286. The molecule has 2 aliphatic heterocycles. The van der Waals surface area contributed by atoms with Crippen LogP contribution in [0.25, 0.3) is 0 Å². The van der Waals surface area contributed by atoms with Crippen molar-refractivity contribution in [2.24, 2.45) is 0 Å². The fourth-order valence-corrected chi connectivity index (χ4v) is 1.55. The first-order valence-electron chi connectivity index (χ1n) is 3.83. The molecule has 2 saturated heterocycles. The third-order valence-electron chi connectivity index (χ3n) is 2.29. The summed E-state index contributed by atoms with van der Waals surface area (Å²) in [6.45, 7) is 1.25. The minimum Gasteiger partial charge on any atom is -0.354 e. The second kappa shape index (κ2) is 2.22. The Hall–Kier alpha value is -1.06. The quantitative estimate of drug-likeness (QED) is 0.460. The van der Waals surface area contributed by atoms with E-state index in [0.717, 1.165) is 0 Å². The maximum absolute atomic E-state index is 10.9. The summed E-state index contributed by atoms with van der Waals surface area (Å²) in [7, 11) is 0. The van der Waals surface area contributed by atoms with E-state index >= 15 is 0 Å². The Morgan fingerprint density at radius 2 is 2.27 bits per heavy atom. The second-order valence-electron chi connectivity index (χ2n) is 3.00. The highest BCUT2D eigenvalue weighted by Crippen LogP contribution is 2.20. The molecule has 2 amide bonds. The van der Waals surface area contributed by atoms with E-state index in [4.69, 9.17) is 0 Å². The molecular formula is C7H10N2O2. The molecule has 0 aromatic heterocycles. The lowest BCUT2D eigenvalue weighted by Gasteiger charge is -2.38. The van der Waals surface area contributed by atoms with Gasteiger partial charge in [-0.25, -0.2) is 0 Å². The lowest BCUT2D eigenvalue weighted by atomic mass is 10.0. The van der Waals surface area contributed by atoms with E-state index in [1.807, 2.05) is 0 Å². The van der Waals surface area contributed by atoms with Gasteiger partial charge in [-0.05, 0) is 0 Å². The number of hydrogen-bond acceptors (Lipinski definition) is 2. The number of fused-ring (bicyclic) bond motifs is 1. The summed E-state index contributed by atoms with van der Waals surface area (Å²) < 4.78 is 0. The Morgan fingerprint density at radius 1 is 1.45 bits per heavy atom. The van der Waals surface area contributed by atoms with Crippen molar-refractivity contribution in [1.29, 1.82) is 0 Å². The Balaban J connectivity index is 2.03. The number of rotatable bonds is 0.